The summed E-state index contributed by atoms with van der Waals surface area (Å²) in [7, 11) is 0. The van der Waals surface area contributed by atoms with Crippen molar-refractivity contribution in [3.63, 3.8) is 0 Å². The van der Waals surface area contributed by atoms with E-state index in [0.29, 0.717) is 11.1 Å². The van der Waals surface area contributed by atoms with Crippen molar-refractivity contribution in [1.82, 2.24) is 9.61 Å². The molecular formula is C15H11FN2O. The van der Waals surface area contributed by atoms with Gasteiger partial charge in [0.2, 0.25) is 0 Å². The molecule has 0 atom stereocenters. The summed E-state index contributed by atoms with van der Waals surface area (Å²) in [6.45, 7) is 1.76. The molecule has 1 aromatic carbocycles. The van der Waals surface area contributed by atoms with Crippen molar-refractivity contribution >= 4 is 11.3 Å². The lowest BCUT2D eigenvalue weighted by molar-refractivity contribution is 0.103. The average Bonchev–Trinajstić information content (AvgIpc) is 2.80. The normalized spacial score (nSPS) is 10.8. The van der Waals surface area contributed by atoms with E-state index in [1.165, 1.54) is 18.3 Å². The van der Waals surface area contributed by atoms with Gasteiger partial charge in [0.05, 0.1) is 17.3 Å². The fourth-order valence-corrected chi connectivity index (χ4v) is 2.13. The third-order valence-electron chi connectivity index (χ3n) is 2.98. The molecule has 0 N–H and O–H groups in total. The van der Waals surface area contributed by atoms with Gasteiger partial charge in [0.1, 0.15) is 5.82 Å². The maximum atomic E-state index is 13.4. The molecule has 0 spiro atoms. The van der Waals surface area contributed by atoms with Gasteiger partial charge in [-0.05, 0) is 42.8 Å². The third-order valence-corrected chi connectivity index (χ3v) is 2.98. The van der Waals surface area contributed by atoms with Crippen molar-refractivity contribution in [2.24, 2.45) is 0 Å². The second-order valence-corrected chi connectivity index (χ2v) is 4.44. The Morgan fingerprint density at radius 1 is 1.26 bits per heavy atom. The Labute approximate surface area is 109 Å². The molecule has 2 heterocycles. The van der Waals surface area contributed by atoms with Gasteiger partial charge in [0.15, 0.2) is 5.78 Å². The number of hydrogen-bond donors (Lipinski definition) is 0. The number of pyridine rings is 1. The van der Waals surface area contributed by atoms with Gasteiger partial charge in [-0.15, -0.1) is 0 Å². The third kappa shape index (κ3) is 2.01. The Bertz CT molecular complexity index is 756. The molecule has 0 bridgehead atoms. The molecule has 0 amide bonds. The largest absolute Gasteiger partial charge is 0.288 e. The number of aryl methyl sites for hydroxylation is 1. The number of rotatable bonds is 2. The highest BCUT2D eigenvalue weighted by molar-refractivity contribution is 6.13. The number of aromatic nitrogens is 2. The van der Waals surface area contributed by atoms with Gasteiger partial charge in [-0.3, -0.25) is 4.79 Å². The highest BCUT2D eigenvalue weighted by Gasteiger charge is 2.15. The van der Waals surface area contributed by atoms with E-state index in [0.717, 1.165) is 11.1 Å². The molecule has 0 aliphatic carbocycles. The summed E-state index contributed by atoms with van der Waals surface area (Å²) in [6, 6.07) is 9.81. The minimum absolute atomic E-state index is 0.219. The standard InChI is InChI=1S/C15H11FN2O/c1-10-6-11(8-12(16)7-10)15(19)13-9-17-18-5-3-2-4-14(13)18/h2-9H,1H3. The van der Waals surface area contributed by atoms with Gasteiger partial charge in [-0.25, -0.2) is 8.91 Å². The van der Waals surface area contributed by atoms with Gasteiger partial charge in [-0.2, -0.15) is 5.10 Å². The predicted molar refractivity (Wildman–Crippen MR) is 69.8 cm³/mol. The molecular weight excluding hydrogens is 243 g/mol. The Morgan fingerprint density at radius 3 is 2.89 bits per heavy atom. The fourth-order valence-electron chi connectivity index (χ4n) is 2.13. The number of nitrogens with zero attached hydrogens (tertiary/aromatic N) is 2. The Morgan fingerprint density at radius 2 is 2.11 bits per heavy atom. The minimum Gasteiger partial charge on any atom is -0.288 e. The van der Waals surface area contributed by atoms with Crippen LogP contribution in [-0.2, 0) is 0 Å². The number of carbonyl (C=O) groups is 1. The van der Waals surface area contributed by atoms with E-state index in [1.807, 2.05) is 18.2 Å². The Balaban J connectivity index is 2.13. The maximum Gasteiger partial charge on any atom is 0.196 e. The van der Waals surface area contributed by atoms with Crippen LogP contribution in [0.2, 0.25) is 0 Å². The first kappa shape index (κ1) is 11.6. The van der Waals surface area contributed by atoms with Gasteiger partial charge < -0.3 is 0 Å². The van der Waals surface area contributed by atoms with Gasteiger partial charge in [0, 0.05) is 11.8 Å². The van der Waals surface area contributed by atoms with Crippen LogP contribution in [0, 0.1) is 12.7 Å². The van der Waals surface area contributed by atoms with E-state index >= 15 is 0 Å². The fraction of sp³-hybridized carbons (Fsp3) is 0.0667. The van der Waals surface area contributed by atoms with Crippen molar-refractivity contribution in [2.45, 2.75) is 6.92 Å². The first-order valence-electron chi connectivity index (χ1n) is 5.89. The van der Waals surface area contributed by atoms with E-state index in [2.05, 4.69) is 5.10 Å². The van der Waals surface area contributed by atoms with Gasteiger partial charge in [-0.1, -0.05) is 6.07 Å². The molecule has 94 valence electrons. The zero-order valence-electron chi connectivity index (χ0n) is 10.3. The van der Waals surface area contributed by atoms with Crippen LogP contribution in [0.4, 0.5) is 4.39 Å². The summed E-state index contributed by atoms with van der Waals surface area (Å²) in [5.74, 6) is -0.622. The highest BCUT2D eigenvalue weighted by Crippen LogP contribution is 2.17. The summed E-state index contributed by atoms with van der Waals surface area (Å²) >= 11 is 0. The van der Waals surface area contributed by atoms with E-state index in [9.17, 15) is 9.18 Å². The van der Waals surface area contributed by atoms with Crippen LogP contribution in [0.15, 0.2) is 48.8 Å². The van der Waals surface area contributed by atoms with E-state index in [-0.39, 0.29) is 5.78 Å². The van der Waals surface area contributed by atoms with Crippen LogP contribution in [0.3, 0.4) is 0 Å². The van der Waals surface area contributed by atoms with E-state index < -0.39 is 5.82 Å². The molecule has 4 heteroatoms. The predicted octanol–water partition coefficient (Wildman–Crippen LogP) is 3.01. The number of benzene rings is 1. The molecule has 0 saturated carbocycles. The van der Waals surface area contributed by atoms with Crippen molar-refractivity contribution in [2.75, 3.05) is 0 Å². The quantitative estimate of drug-likeness (QED) is 0.659. The molecule has 0 saturated heterocycles. The smallest absolute Gasteiger partial charge is 0.196 e. The molecule has 0 unspecified atom stereocenters. The van der Waals surface area contributed by atoms with Gasteiger partial charge in [0.25, 0.3) is 0 Å². The zero-order chi connectivity index (χ0) is 13.4. The first-order chi connectivity index (χ1) is 9.15. The van der Waals surface area contributed by atoms with Crippen molar-refractivity contribution < 1.29 is 9.18 Å². The van der Waals surface area contributed by atoms with Crippen LogP contribution in [0.1, 0.15) is 21.5 Å². The monoisotopic (exact) mass is 254 g/mol. The summed E-state index contributed by atoms with van der Waals surface area (Å²) in [5.41, 5.74) is 2.26. The molecule has 0 radical (unpaired) electrons. The number of carbonyl (C=O) groups excluding carboxylic acids is 1. The molecule has 3 rings (SSSR count). The summed E-state index contributed by atoms with van der Waals surface area (Å²) in [5, 5.41) is 4.11. The number of fused-ring (bicyclic) bond motifs is 1. The highest BCUT2D eigenvalue weighted by atomic mass is 19.1. The number of hydrogen-bond acceptors (Lipinski definition) is 2. The lowest BCUT2D eigenvalue weighted by atomic mass is 10.0. The summed E-state index contributed by atoms with van der Waals surface area (Å²) < 4.78 is 15.0. The number of halogens is 1. The Hall–Kier alpha value is -2.49. The Kier molecular flexibility index (Phi) is 2.63. The second-order valence-electron chi connectivity index (χ2n) is 4.44. The number of ketones is 1. The van der Waals surface area contributed by atoms with Crippen molar-refractivity contribution in [3.8, 4) is 0 Å². The molecule has 19 heavy (non-hydrogen) atoms. The summed E-state index contributed by atoms with van der Waals surface area (Å²) in [6.07, 6.45) is 3.28. The SMILES string of the molecule is Cc1cc(F)cc(C(=O)c2cnn3ccccc23)c1. The van der Waals surface area contributed by atoms with Crippen LogP contribution in [0.25, 0.3) is 5.52 Å². The van der Waals surface area contributed by atoms with E-state index in [1.54, 1.807) is 23.7 Å². The van der Waals surface area contributed by atoms with Crippen LogP contribution in [-0.4, -0.2) is 15.4 Å². The van der Waals surface area contributed by atoms with Crippen LogP contribution in [0.5, 0.6) is 0 Å². The first-order valence-corrected chi connectivity index (χ1v) is 5.89. The second kappa shape index (κ2) is 4.31. The lowest BCUT2D eigenvalue weighted by Gasteiger charge is -2.02. The van der Waals surface area contributed by atoms with Crippen LogP contribution >= 0.6 is 0 Å². The van der Waals surface area contributed by atoms with E-state index in [4.69, 9.17) is 0 Å². The zero-order valence-corrected chi connectivity index (χ0v) is 10.3. The molecule has 2 aromatic heterocycles. The topological polar surface area (TPSA) is 34.4 Å². The maximum absolute atomic E-state index is 13.4. The molecule has 0 aliphatic rings. The molecule has 3 aromatic rings. The average molecular weight is 254 g/mol. The molecule has 0 aliphatic heterocycles. The molecule has 0 fully saturated rings. The summed E-state index contributed by atoms with van der Waals surface area (Å²) in [4.78, 5) is 12.4. The van der Waals surface area contributed by atoms with Crippen LogP contribution < -0.4 is 0 Å². The molecule has 3 nitrogen and oxygen atoms in total. The van der Waals surface area contributed by atoms with Gasteiger partial charge >= 0.3 is 0 Å². The minimum atomic E-state index is -0.403. The van der Waals surface area contributed by atoms with Crippen molar-refractivity contribution in [1.29, 1.82) is 0 Å². The lowest BCUT2D eigenvalue weighted by Crippen LogP contribution is -2.02. The van der Waals surface area contributed by atoms with Crippen molar-refractivity contribution in [3.05, 3.63) is 71.3 Å².